The van der Waals surface area contributed by atoms with E-state index in [2.05, 4.69) is 53.5 Å². The minimum absolute atomic E-state index is 0.945. The molecule has 2 aliphatic rings. The lowest BCUT2D eigenvalue weighted by molar-refractivity contribution is 0.567. The van der Waals surface area contributed by atoms with Crippen LogP contribution < -0.4 is 0 Å². The van der Waals surface area contributed by atoms with E-state index in [9.17, 15) is 0 Å². The van der Waals surface area contributed by atoms with Crippen LogP contribution in [-0.2, 0) is 0 Å². The van der Waals surface area contributed by atoms with Gasteiger partial charge in [0.2, 0.25) is 0 Å². The smallest absolute Gasteiger partial charge is 0.135 e. The van der Waals surface area contributed by atoms with Crippen molar-refractivity contribution in [2.45, 2.75) is 0 Å². The van der Waals surface area contributed by atoms with Crippen molar-refractivity contribution in [1.82, 2.24) is 4.98 Å². The van der Waals surface area contributed by atoms with Gasteiger partial charge in [0, 0.05) is 27.4 Å². The zero-order chi connectivity index (χ0) is 13.1. The van der Waals surface area contributed by atoms with Crippen LogP contribution in [0, 0.1) is 0 Å². The highest BCUT2D eigenvalue weighted by Gasteiger charge is 2.15. The average Bonchev–Trinajstić information content (AvgIpc) is 3.04. The number of benzene rings is 2. The minimum Gasteiger partial charge on any atom is -0.464 e. The Balaban J connectivity index is 2.12. The van der Waals surface area contributed by atoms with Gasteiger partial charge < -0.3 is 9.40 Å². The zero-order valence-electron chi connectivity index (χ0n) is 10.7. The van der Waals surface area contributed by atoms with E-state index in [1.165, 1.54) is 38.1 Å². The number of aromatic nitrogens is 1. The van der Waals surface area contributed by atoms with Crippen LogP contribution in [0.5, 0.6) is 0 Å². The van der Waals surface area contributed by atoms with Crippen molar-refractivity contribution in [1.29, 1.82) is 0 Å². The summed E-state index contributed by atoms with van der Waals surface area (Å²) in [6.45, 7) is 0. The molecule has 1 N–H and O–H groups in total. The van der Waals surface area contributed by atoms with E-state index in [1.807, 2.05) is 6.07 Å². The Morgan fingerprint density at radius 3 is 2.70 bits per heavy atom. The second-order valence-corrected chi connectivity index (χ2v) is 5.16. The third kappa shape index (κ3) is 1.14. The Morgan fingerprint density at radius 1 is 0.750 bits per heavy atom. The van der Waals surface area contributed by atoms with Gasteiger partial charge in [-0.05, 0) is 41.1 Å². The molecule has 0 atom stereocenters. The largest absolute Gasteiger partial charge is 0.464 e. The maximum absolute atomic E-state index is 5.62. The molecule has 0 saturated heterocycles. The molecule has 20 heavy (non-hydrogen) atoms. The Labute approximate surface area is 115 Å². The summed E-state index contributed by atoms with van der Waals surface area (Å²) in [7, 11) is 0. The van der Waals surface area contributed by atoms with E-state index >= 15 is 0 Å². The highest BCUT2D eigenvalue weighted by atomic mass is 16.3. The van der Waals surface area contributed by atoms with Crippen LogP contribution in [0.2, 0.25) is 0 Å². The van der Waals surface area contributed by atoms with Gasteiger partial charge in [-0.2, -0.15) is 0 Å². The molecular formula is C18H11NO. The summed E-state index contributed by atoms with van der Waals surface area (Å²) in [5.41, 5.74) is 3.53. The maximum atomic E-state index is 5.62. The topological polar surface area (TPSA) is 28.9 Å². The van der Waals surface area contributed by atoms with E-state index < -0.39 is 0 Å². The molecule has 0 fully saturated rings. The van der Waals surface area contributed by atoms with E-state index in [4.69, 9.17) is 4.42 Å². The molecule has 0 spiro atoms. The van der Waals surface area contributed by atoms with Crippen LogP contribution in [0.4, 0.5) is 0 Å². The zero-order valence-corrected chi connectivity index (χ0v) is 10.7. The maximum Gasteiger partial charge on any atom is 0.135 e. The minimum atomic E-state index is 0.945. The number of fused-ring (bicyclic) bond motifs is 7. The molecule has 0 amide bonds. The SMILES string of the molecule is c1coc2cc3c(ccc4[nH]c5ccccc5c43)c-2c1. The molecule has 2 nitrogen and oxygen atoms in total. The van der Waals surface area contributed by atoms with E-state index in [0.717, 1.165) is 5.76 Å². The first-order valence-corrected chi connectivity index (χ1v) is 6.71. The Morgan fingerprint density at radius 2 is 1.70 bits per heavy atom. The van der Waals surface area contributed by atoms with Crippen molar-refractivity contribution >= 4 is 32.6 Å². The van der Waals surface area contributed by atoms with Gasteiger partial charge in [-0.15, -0.1) is 0 Å². The Kier molecular flexibility index (Phi) is 1.73. The van der Waals surface area contributed by atoms with E-state index in [-0.39, 0.29) is 0 Å². The number of hydrogen-bond acceptors (Lipinski definition) is 1. The average molecular weight is 257 g/mol. The number of rotatable bonds is 0. The summed E-state index contributed by atoms with van der Waals surface area (Å²) in [4.78, 5) is 3.48. The van der Waals surface area contributed by atoms with Crippen molar-refractivity contribution in [3.63, 3.8) is 0 Å². The van der Waals surface area contributed by atoms with Gasteiger partial charge >= 0.3 is 0 Å². The lowest BCUT2D eigenvalue weighted by atomic mass is 10.1. The van der Waals surface area contributed by atoms with Crippen molar-refractivity contribution in [3.8, 4) is 11.3 Å². The fourth-order valence-corrected chi connectivity index (χ4v) is 3.21. The number of para-hydroxylation sites is 1. The molecule has 0 bridgehead atoms. The molecule has 5 rings (SSSR count). The van der Waals surface area contributed by atoms with Crippen LogP contribution in [-0.4, -0.2) is 4.98 Å². The van der Waals surface area contributed by atoms with Gasteiger partial charge in [0.25, 0.3) is 0 Å². The fourth-order valence-electron chi connectivity index (χ4n) is 3.21. The second-order valence-electron chi connectivity index (χ2n) is 5.16. The van der Waals surface area contributed by atoms with E-state index in [0.29, 0.717) is 0 Å². The molecule has 1 aliphatic heterocycles. The summed E-state index contributed by atoms with van der Waals surface area (Å²) >= 11 is 0. The van der Waals surface area contributed by atoms with Gasteiger partial charge in [0.05, 0.1) is 6.26 Å². The lowest BCUT2D eigenvalue weighted by Gasteiger charge is -1.97. The van der Waals surface area contributed by atoms with Gasteiger partial charge in [-0.3, -0.25) is 0 Å². The normalized spacial score (nSPS) is 12.0. The Hall–Kier alpha value is -2.74. The molecule has 2 aromatic carbocycles. The molecule has 94 valence electrons. The quantitative estimate of drug-likeness (QED) is 0.407. The van der Waals surface area contributed by atoms with Crippen molar-refractivity contribution in [2.24, 2.45) is 0 Å². The number of nitrogens with one attached hydrogen (secondary N) is 1. The molecule has 2 heterocycles. The summed E-state index contributed by atoms with van der Waals surface area (Å²) in [6, 6.07) is 19.0. The first-order valence-electron chi connectivity index (χ1n) is 6.71. The monoisotopic (exact) mass is 257 g/mol. The first-order chi connectivity index (χ1) is 9.92. The highest BCUT2D eigenvalue weighted by molar-refractivity contribution is 6.23. The molecule has 3 aromatic rings. The van der Waals surface area contributed by atoms with Crippen LogP contribution in [0.15, 0.2) is 65.3 Å². The van der Waals surface area contributed by atoms with Gasteiger partial charge in [0.15, 0.2) is 0 Å². The highest BCUT2D eigenvalue weighted by Crippen LogP contribution is 2.40. The summed E-state index contributed by atoms with van der Waals surface area (Å²) in [5.74, 6) is 0.945. The molecule has 2 heteroatoms. The third-order valence-electron chi connectivity index (χ3n) is 4.08. The fraction of sp³-hybridized carbons (Fsp3) is 0. The summed E-state index contributed by atoms with van der Waals surface area (Å²) < 4.78 is 5.62. The first kappa shape index (κ1) is 10.1. The number of hydrogen-bond donors (Lipinski definition) is 1. The third-order valence-corrected chi connectivity index (χ3v) is 4.08. The van der Waals surface area contributed by atoms with Gasteiger partial charge in [-0.25, -0.2) is 0 Å². The summed E-state index contributed by atoms with van der Waals surface area (Å²) in [5, 5.41) is 5.06. The molecule has 0 radical (unpaired) electrons. The number of aromatic amines is 1. The molecule has 0 saturated carbocycles. The number of H-pyrrole nitrogens is 1. The predicted molar refractivity (Wildman–Crippen MR) is 82.2 cm³/mol. The standard InChI is InChI=1S/C18H11NO/c1-2-6-15-13(4-1)18-14-10-17-12(5-3-9-20-17)11(14)7-8-16(18)19-15/h1-10,19H. The van der Waals surface area contributed by atoms with Crippen LogP contribution in [0.1, 0.15) is 0 Å². The molecule has 1 aromatic heterocycles. The summed E-state index contributed by atoms with van der Waals surface area (Å²) in [6.07, 6.45) is 1.73. The van der Waals surface area contributed by atoms with Crippen molar-refractivity contribution in [2.75, 3.05) is 0 Å². The van der Waals surface area contributed by atoms with Crippen molar-refractivity contribution < 1.29 is 4.42 Å². The van der Waals surface area contributed by atoms with Crippen LogP contribution in [0.3, 0.4) is 0 Å². The molecular weight excluding hydrogens is 246 g/mol. The molecule has 0 unspecified atom stereocenters. The van der Waals surface area contributed by atoms with Gasteiger partial charge in [-0.1, -0.05) is 24.3 Å². The Bertz CT molecular complexity index is 1050. The van der Waals surface area contributed by atoms with Crippen LogP contribution >= 0.6 is 0 Å². The second kappa shape index (κ2) is 3.42. The van der Waals surface area contributed by atoms with Gasteiger partial charge in [0.1, 0.15) is 5.76 Å². The van der Waals surface area contributed by atoms with Crippen molar-refractivity contribution in [3.05, 3.63) is 60.9 Å². The predicted octanol–water partition coefficient (Wildman–Crippen LogP) is 5.17. The van der Waals surface area contributed by atoms with Crippen LogP contribution in [0.25, 0.3) is 43.9 Å². The lowest BCUT2D eigenvalue weighted by Crippen LogP contribution is -1.72. The van der Waals surface area contributed by atoms with E-state index in [1.54, 1.807) is 6.26 Å². The molecule has 1 aliphatic carbocycles.